The number of hydrogen-bond acceptors (Lipinski definition) is 8. The fraction of sp³-hybridized carbons (Fsp3) is 0.355. The highest BCUT2D eigenvalue weighted by atomic mass is 19.1. The SMILES string of the molecule is C=CC(=O)Nc1cc(Nc2ncc(C)c(-c3cc(F)c4nc(C)n(C(C)C)c4c3)n2)c(OC)cc1N(C)CCN(C)C. The molecule has 0 unspecified atom stereocenters. The minimum Gasteiger partial charge on any atom is -0.494 e. The molecule has 0 bridgehead atoms. The summed E-state index contributed by atoms with van der Waals surface area (Å²) in [4.78, 5) is 30.1. The number of anilines is 4. The van der Waals surface area contributed by atoms with Gasteiger partial charge in [-0.1, -0.05) is 6.58 Å². The number of hydrogen-bond donors (Lipinski definition) is 2. The molecule has 0 atom stereocenters. The number of halogens is 1. The van der Waals surface area contributed by atoms with E-state index in [1.807, 2.05) is 70.4 Å². The lowest BCUT2D eigenvalue weighted by Crippen LogP contribution is -2.29. The zero-order valence-electron chi connectivity index (χ0n) is 25.5. The van der Waals surface area contributed by atoms with Crippen LogP contribution in [0.5, 0.6) is 5.75 Å². The number of amides is 1. The van der Waals surface area contributed by atoms with Crippen molar-refractivity contribution >= 4 is 40.0 Å². The molecular formula is C31H39FN8O2. The quantitative estimate of drug-likeness (QED) is 0.220. The molecule has 0 saturated carbocycles. The van der Waals surface area contributed by atoms with Crippen LogP contribution in [0.15, 0.2) is 43.1 Å². The van der Waals surface area contributed by atoms with Crippen molar-refractivity contribution in [2.24, 2.45) is 0 Å². The third-order valence-corrected chi connectivity index (χ3v) is 6.99. The number of aryl methyl sites for hydroxylation is 2. The number of carbonyl (C=O) groups is 1. The summed E-state index contributed by atoms with van der Waals surface area (Å²) in [5.74, 6) is 0.830. The van der Waals surface area contributed by atoms with Gasteiger partial charge in [0, 0.05) is 44.0 Å². The number of aromatic nitrogens is 4. The summed E-state index contributed by atoms with van der Waals surface area (Å²) in [6.45, 7) is 13.0. The van der Waals surface area contributed by atoms with E-state index >= 15 is 4.39 Å². The number of likely N-dealkylation sites (N-methyl/N-ethyl adjacent to an activating group) is 2. The minimum atomic E-state index is -0.407. The second kappa shape index (κ2) is 12.6. The van der Waals surface area contributed by atoms with Crippen LogP contribution in [0, 0.1) is 19.7 Å². The van der Waals surface area contributed by atoms with Crippen molar-refractivity contribution in [2.75, 3.05) is 56.9 Å². The maximum atomic E-state index is 15.2. The van der Waals surface area contributed by atoms with E-state index in [4.69, 9.17) is 9.72 Å². The van der Waals surface area contributed by atoms with Crippen LogP contribution in [0.2, 0.25) is 0 Å². The van der Waals surface area contributed by atoms with Gasteiger partial charge in [0.25, 0.3) is 0 Å². The molecule has 0 aliphatic heterocycles. The lowest BCUT2D eigenvalue weighted by atomic mass is 10.1. The molecule has 2 N–H and O–H groups in total. The van der Waals surface area contributed by atoms with Gasteiger partial charge < -0.3 is 29.7 Å². The molecule has 0 aliphatic carbocycles. The van der Waals surface area contributed by atoms with Gasteiger partial charge in [0.15, 0.2) is 5.82 Å². The molecule has 2 aromatic carbocycles. The Bertz CT molecular complexity index is 1630. The van der Waals surface area contributed by atoms with Crippen molar-refractivity contribution < 1.29 is 13.9 Å². The Labute approximate surface area is 246 Å². The fourth-order valence-corrected chi connectivity index (χ4v) is 4.88. The molecule has 2 aromatic heterocycles. The number of nitrogens with one attached hydrogen (secondary N) is 2. The van der Waals surface area contributed by atoms with Gasteiger partial charge in [-0.05, 0) is 71.6 Å². The number of benzene rings is 2. The molecule has 0 saturated heterocycles. The van der Waals surface area contributed by atoms with Gasteiger partial charge in [0.05, 0.1) is 35.4 Å². The van der Waals surface area contributed by atoms with E-state index in [0.717, 1.165) is 30.2 Å². The first-order valence-corrected chi connectivity index (χ1v) is 13.7. The number of carbonyl (C=O) groups excluding carboxylic acids is 1. The number of fused-ring (bicyclic) bond motifs is 1. The second-order valence-electron chi connectivity index (χ2n) is 10.8. The Kier molecular flexibility index (Phi) is 9.11. The average Bonchev–Trinajstić information content (AvgIpc) is 3.29. The van der Waals surface area contributed by atoms with Gasteiger partial charge in [-0.2, -0.15) is 0 Å². The van der Waals surface area contributed by atoms with E-state index in [1.165, 1.54) is 12.1 Å². The lowest BCUT2D eigenvalue weighted by molar-refractivity contribution is -0.111. The number of methoxy groups -OCH3 is 1. The van der Waals surface area contributed by atoms with E-state index in [2.05, 4.69) is 32.1 Å². The van der Waals surface area contributed by atoms with Crippen LogP contribution in [0.3, 0.4) is 0 Å². The van der Waals surface area contributed by atoms with Crippen LogP contribution in [0.1, 0.15) is 31.3 Å². The van der Waals surface area contributed by atoms with Crippen molar-refractivity contribution in [3.8, 4) is 17.0 Å². The molecule has 222 valence electrons. The predicted octanol–water partition coefficient (Wildman–Crippen LogP) is 5.70. The van der Waals surface area contributed by atoms with Gasteiger partial charge in [-0.25, -0.2) is 19.3 Å². The average molecular weight is 575 g/mol. The van der Waals surface area contributed by atoms with E-state index in [0.29, 0.717) is 39.4 Å². The van der Waals surface area contributed by atoms with E-state index in [9.17, 15) is 4.79 Å². The Balaban J connectivity index is 1.76. The Hall–Kier alpha value is -4.51. The van der Waals surface area contributed by atoms with Gasteiger partial charge in [-0.3, -0.25) is 4.79 Å². The standard InChI is InChI=1S/C31H39FN8O2/c1-10-28(41)35-23-15-24(27(42-9)16-25(23)39(8)12-11-38(6)7)36-31-33-17-19(4)29(37-31)21-13-22(32)30-26(14-21)40(18(2)3)20(5)34-30/h10,13-18H,1,11-12H2,2-9H3,(H,35,41)(H,33,36,37). The summed E-state index contributed by atoms with van der Waals surface area (Å²) < 4.78 is 23.0. The summed E-state index contributed by atoms with van der Waals surface area (Å²) in [5, 5.41) is 6.13. The summed E-state index contributed by atoms with van der Waals surface area (Å²) in [6, 6.07) is 7.12. The zero-order valence-corrected chi connectivity index (χ0v) is 25.5. The van der Waals surface area contributed by atoms with E-state index < -0.39 is 5.82 Å². The molecule has 4 rings (SSSR count). The second-order valence-corrected chi connectivity index (χ2v) is 10.8. The molecule has 0 spiro atoms. The molecule has 2 heterocycles. The third kappa shape index (κ3) is 6.36. The van der Waals surface area contributed by atoms with Crippen LogP contribution in [0.4, 0.5) is 27.4 Å². The normalized spacial score (nSPS) is 11.3. The summed E-state index contributed by atoms with van der Waals surface area (Å²) >= 11 is 0. The Morgan fingerprint density at radius 2 is 1.86 bits per heavy atom. The van der Waals surface area contributed by atoms with Crippen molar-refractivity contribution in [3.05, 3.63) is 60.3 Å². The molecule has 10 nitrogen and oxygen atoms in total. The summed E-state index contributed by atoms with van der Waals surface area (Å²) in [7, 11) is 7.53. The zero-order chi connectivity index (χ0) is 30.7. The van der Waals surface area contributed by atoms with Gasteiger partial charge in [-0.15, -0.1) is 0 Å². The van der Waals surface area contributed by atoms with Gasteiger partial charge in [0.1, 0.15) is 17.1 Å². The first-order chi connectivity index (χ1) is 19.9. The van der Waals surface area contributed by atoms with Crippen molar-refractivity contribution in [3.63, 3.8) is 0 Å². The predicted molar refractivity (Wildman–Crippen MR) is 168 cm³/mol. The number of nitrogens with zero attached hydrogens (tertiary/aromatic N) is 6. The molecule has 11 heteroatoms. The molecule has 42 heavy (non-hydrogen) atoms. The Morgan fingerprint density at radius 3 is 2.50 bits per heavy atom. The maximum absolute atomic E-state index is 15.2. The molecule has 0 aliphatic rings. The Morgan fingerprint density at radius 1 is 1.12 bits per heavy atom. The van der Waals surface area contributed by atoms with Crippen molar-refractivity contribution in [2.45, 2.75) is 33.7 Å². The first-order valence-electron chi connectivity index (χ1n) is 13.7. The topological polar surface area (TPSA) is 100 Å². The number of imidazole rings is 1. The monoisotopic (exact) mass is 574 g/mol. The molecule has 0 fully saturated rings. The highest BCUT2D eigenvalue weighted by Crippen LogP contribution is 2.38. The smallest absolute Gasteiger partial charge is 0.247 e. The molecule has 0 radical (unpaired) electrons. The van der Waals surface area contributed by atoms with Crippen LogP contribution in [0.25, 0.3) is 22.3 Å². The highest BCUT2D eigenvalue weighted by Gasteiger charge is 2.19. The largest absolute Gasteiger partial charge is 0.494 e. The van der Waals surface area contributed by atoms with Crippen molar-refractivity contribution in [1.82, 2.24) is 24.4 Å². The van der Waals surface area contributed by atoms with Crippen molar-refractivity contribution in [1.29, 1.82) is 0 Å². The lowest BCUT2D eigenvalue weighted by Gasteiger charge is -2.26. The van der Waals surface area contributed by atoms with Gasteiger partial charge in [0.2, 0.25) is 11.9 Å². The summed E-state index contributed by atoms with van der Waals surface area (Å²) in [5.41, 5.74) is 4.94. The van der Waals surface area contributed by atoms with Crippen LogP contribution in [-0.2, 0) is 4.79 Å². The highest BCUT2D eigenvalue weighted by molar-refractivity contribution is 6.02. The van der Waals surface area contributed by atoms with Crippen LogP contribution in [-0.4, -0.2) is 71.7 Å². The molecule has 1 amide bonds. The van der Waals surface area contributed by atoms with Crippen LogP contribution < -0.4 is 20.3 Å². The first kappa shape index (κ1) is 30.4. The van der Waals surface area contributed by atoms with Crippen LogP contribution >= 0.6 is 0 Å². The fourth-order valence-electron chi connectivity index (χ4n) is 4.88. The molecule has 4 aromatic rings. The third-order valence-electron chi connectivity index (χ3n) is 6.99. The van der Waals surface area contributed by atoms with E-state index in [1.54, 1.807) is 19.4 Å². The number of rotatable bonds is 11. The van der Waals surface area contributed by atoms with E-state index in [-0.39, 0.29) is 17.9 Å². The van der Waals surface area contributed by atoms with Gasteiger partial charge >= 0.3 is 0 Å². The summed E-state index contributed by atoms with van der Waals surface area (Å²) in [6.07, 6.45) is 2.91. The minimum absolute atomic E-state index is 0.113. The number of ether oxygens (including phenoxy) is 1. The molecular weight excluding hydrogens is 535 g/mol. The maximum Gasteiger partial charge on any atom is 0.247 e.